The minimum Gasteiger partial charge on any atom is -0.350 e. The van der Waals surface area contributed by atoms with E-state index in [0.717, 1.165) is 18.7 Å². The van der Waals surface area contributed by atoms with Crippen LogP contribution in [0.5, 0.6) is 0 Å². The monoisotopic (exact) mass is 361 g/mol. The van der Waals surface area contributed by atoms with E-state index in [1.165, 1.54) is 27.6 Å². The smallest absolute Gasteiger partial charge is 0.0576 e. The molecule has 26 heavy (non-hydrogen) atoms. The van der Waals surface area contributed by atoms with Gasteiger partial charge in [0.05, 0.1) is 11.7 Å². The van der Waals surface area contributed by atoms with Crippen LogP contribution in [0.25, 0.3) is 10.9 Å². The first-order valence-electron chi connectivity index (χ1n) is 8.90. The van der Waals surface area contributed by atoms with Gasteiger partial charge in [0, 0.05) is 36.9 Å². The molecule has 0 saturated carbocycles. The number of thiophene rings is 1. The number of pyridine rings is 1. The van der Waals surface area contributed by atoms with E-state index >= 15 is 0 Å². The Labute approximate surface area is 158 Å². The van der Waals surface area contributed by atoms with Crippen LogP contribution in [0.15, 0.2) is 65.6 Å². The van der Waals surface area contributed by atoms with E-state index in [9.17, 15) is 0 Å². The summed E-state index contributed by atoms with van der Waals surface area (Å²) in [5.41, 5.74) is 6.24. The summed E-state index contributed by atoms with van der Waals surface area (Å²) in [5, 5.41) is 9.42. The van der Waals surface area contributed by atoms with Crippen LogP contribution in [0.3, 0.4) is 0 Å². The van der Waals surface area contributed by atoms with Gasteiger partial charge < -0.3 is 9.88 Å². The third kappa shape index (κ3) is 3.57. The van der Waals surface area contributed by atoms with Crippen LogP contribution in [0.2, 0.25) is 0 Å². The highest BCUT2D eigenvalue weighted by Gasteiger charge is 2.15. The Morgan fingerprint density at radius 1 is 1.15 bits per heavy atom. The number of aryl methyl sites for hydroxylation is 2. The number of aromatic nitrogens is 2. The highest BCUT2D eigenvalue weighted by atomic mass is 32.1. The number of nitrogens with one attached hydrogen (secondary N) is 1. The SMILES string of the molecule is Cc1ccc(C(Cc2ccsc2)NCc2cn(C)c3ccccc23)nc1. The molecular weight excluding hydrogens is 338 g/mol. The summed E-state index contributed by atoms with van der Waals surface area (Å²) in [6.45, 7) is 2.90. The van der Waals surface area contributed by atoms with Gasteiger partial charge in [-0.15, -0.1) is 0 Å². The second-order valence-corrected chi connectivity index (χ2v) is 7.59. The molecule has 3 heterocycles. The van der Waals surface area contributed by atoms with Gasteiger partial charge in [-0.1, -0.05) is 24.3 Å². The first-order chi connectivity index (χ1) is 12.7. The molecular formula is C22H23N3S. The maximum absolute atomic E-state index is 4.67. The molecule has 0 radical (unpaired) electrons. The Balaban J connectivity index is 1.58. The lowest BCUT2D eigenvalue weighted by molar-refractivity contribution is 0.519. The van der Waals surface area contributed by atoms with E-state index in [-0.39, 0.29) is 6.04 Å². The first-order valence-corrected chi connectivity index (χ1v) is 9.85. The van der Waals surface area contributed by atoms with E-state index in [1.807, 2.05) is 6.20 Å². The predicted molar refractivity (Wildman–Crippen MR) is 109 cm³/mol. The third-order valence-electron chi connectivity index (χ3n) is 4.83. The molecule has 1 unspecified atom stereocenters. The normalized spacial score (nSPS) is 12.5. The highest BCUT2D eigenvalue weighted by Crippen LogP contribution is 2.23. The second kappa shape index (κ2) is 7.44. The Bertz CT molecular complexity index is 984. The molecule has 3 aromatic heterocycles. The van der Waals surface area contributed by atoms with Gasteiger partial charge in [-0.2, -0.15) is 11.3 Å². The zero-order chi connectivity index (χ0) is 17.9. The van der Waals surface area contributed by atoms with Crippen molar-refractivity contribution in [1.29, 1.82) is 0 Å². The molecule has 0 aliphatic carbocycles. The largest absolute Gasteiger partial charge is 0.350 e. The van der Waals surface area contributed by atoms with Crippen molar-refractivity contribution in [3.63, 3.8) is 0 Å². The van der Waals surface area contributed by atoms with Gasteiger partial charge in [-0.3, -0.25) is 4.98 Å². The number of rotatable bonds is 6. The summed E-state index contributed by atoms with van der Waals surface area (Å²) in [6.07, 6.45) is 5.13. The number of para-hydroxylation sites is 1. The number of benzene rings is 1. The van der Waals surface area contributed by atoms with Gasteiger partial charge >= 0.3 is 0 Å². The lowest BCUT2D eigenvalue weighted by Gasteiger charge is -2.18. The maximum atomic E-state index is 4.67. The number of fused-ring (bicyclic) bond motifs is 1. The number of nitrogens with zero attached hydrogens (tertiary/aromatic N) is 2. The van der Waals surface area contributed by atoms with E-state index in [2.05, 4.69) is 88.3 Å². The van der Waals surface area contributed by atoms with Gasteiger partial charge in [0.1, 0.15) is 0 Å². The topological polar surface area (TPSA) is 29.9 Å². The van der Waals surface area contributed by atoms with Gasteiger partial charge in [0.15, 0.2) is 0 Å². The summed E-state index contributed by atoms with van der Waals surface area (Å²) < 4.78 is 2.20. The predicted octanol–water partition coefficient (Wildman–Crippen LogP) is 5.02. The van der Waals surface area contributed by atoms with Gasteiger partial charge in [-0.25, -0.2) is 0 Å². The molecule has 4 aromatic rings. The average molecular weight is 362 g/mol. The van der Waals surface area contributed by atoms with Crippen molar-refractivity contribution in [1.82, 2.24) is 14.9 Å². The Hall–Kier alpha value is -2.43. The standard InChI is InChI=1S/C22H23N3S/c1-16-7-8-20(23-12-16)21(11-17-9-10-26-15-17)24-13-18-14-25(2)22-6-4-3-5-19(18)22/h3-10,12,14-15,21,24H,11,13H2,1-2H3. The van der Waals surface area contributed by atoms with Gasteiger partial charge in [0.25, 0.3) is 0 Å². The fourth-order valence-electron chi connectivity index (χ4n) is 3.41. The van der Waals surface area contributed by atoms with Crippen molar-refractivity contribution in [3.8, 4) is 0 Å². The molecule has 0 bridgehead atoms. The van der Waals surface area contributed by atoms with Crippen molar-refractivity contribution in [2.24, 2.45) is 7.05 Å². The maximum Gasteiger partial charge on any atom is 0.0576 e. The average Bonchev–Trinajstić information content (AvgIpc) is 3.28. The molecule has 4 heteroatoms. The molecule has 1 N–H and O–H groups in total. The quantitative estimate of drug-likeness (QED) is 0.523. The highest BCUT2D eigenvalue weighted by molar-refractivity contribution is 7.07. The minimum atomic E-state index is 0.198. The first kappa shape index (κ1) is 17.0. The van der Waals surface area contributed by atoms with E-state index in [4.69, 9.17) is 0 Å². The van der Waals surface area contributed by atoms with E-state index in [0.29, 0.717) is 0 Å². The molecule has 0 fully saturated rings. The number of hydrogen-bond donors (Lipinski definition) is 1. The third-order valence-corrected chi connectivity index (χ3v) is 5.56. The van der Waals surface area contributed by atoms with Crippen LogP contribution in [0.4, 0.5) is 0 Å². The summed E-state index contributed by atoms with van der Waals surface area (Å²) >= 11 is 1.75. The zero-order valence-corrected chi connectivity index (χ0v) is 16.0. The van der Waals surface area contributed by atoms with E-state index < -0.39 is 0 Å². The molecule has 0 spiro atoms. The van der Waals surface area contributed by atoms with Crippen LogP contribution in [-0.4, -0.2) is 9.55 Å². The Kier molecular flexibility index (Phi) is 4.87. The van der Waals surface area contributed by atoms with Gasteiger partial charge in [-0.05, 0) is 59.0 Å². The van der Waals surface area contributed by atoms with Crippen LogP contribution < -0.4 is 5.32 Å². The van der Waals surface area contributed by atoms with Gasteiger partial charge in [0.2, 0.25) is 0 Å². The number of hydrogen-bond acceptors (Lipinski definition) is 3. The van der Waals surface area contributed by atoms with E-state index in [1.54, 1.807) is 11.3 Å². The molecule has 4 rings (SSSR count). The fourth-order valence-corrected chi connectivity index (χ4v) is 4.09. The molecule has 0 aliphatic rings. The zero-order valence-electron chi connectivity index (χ0n) is 15.1. The lowest BCUT2D eigenvalue weighted by Crippen LogP contribution is -2.23. The summed E-state index contributed by atoms with van der Waals surface area (Å²) in [6, 6.07) is 15.2. The molecule has 1 aromatic carbocycles. The van der Waals surface area contributed by atoms with Crippen LogP contribution in [0.1, 0.15) is 28.4 Å². The van der Waals surface area contributed by atoms with Crippen molar-refractivity contribution in [2.45, 2.75) is 25.9 Å². The Morgan fingerprint density at radius 3 is 2.81 bits per heavy atom. The van der Waals surface area contributed by atoms with Crippen molar-refractivity contribution < 1.29 is 0 Å². The van der Waals surface area contributed by atoms with Crippen molar-refractivity contribution in [2.75, 3.05) is 0 Å². The second-order valence-electron chi connectivity index (χ2n) is 6.81. The van der Waals surface area contributed by atoms with Crippen LogP contribution in [-0.2, 0) is 20.0 Å². The molecule has 132 valence electrons. The molecule has 1 atom stereocenters. The summed E-state index contributed by atoms with van der Waals surface area (Å²) in [5.74, 6) is 0. The van der Waals surface area contributed by atoms with Crippen LogP contribution in [0, 0.1) is 6.92 Å². The fraction of sp³-hybridized carbons (Fsp3) is 0.227. The Morgan fingerprint density at radius 2 is 2.04 bits per heavy atom. The molecule has 3 nitrogen and oxygen atoms in total. The van der Waals surface area contributed by atoms with Crippen LogP contribution >= 0.6 is 11.3 Å². The molecule has 0 saturated heterocycles. The molecule has 0 amide bonds. The molecule has 0 aliphatic heterocycles. The minimum absolute atomic E-state index is 0.198. The summed E-state index contributed by atoms with van der Waals surface area (Å²) in [7, 11) is 2.11. The van der Waals surface area contributed by atoms with Crippen molar-refractivity contribution >= 4 is 22.2 Å². The summed E-state index contributed by atoms with van der Waals surface area (Å²) in [4.78, 5) is 4.67. The van der Waals surface area contributed by atoms with Crippen molar-refractivity contribution in [3.05, 3.63) is 88.0 Å². The lowest BCUT2D eigenvalue weighted by atomic mass is 10.0.